The average molecular weight is 431 g/mol. The standard InChI is InChI=1S/C18H29N3O.HI/c1-18(2,3)21-17(19)20-16(15-7-5-4-6-8-15)13-14-9-11-22-12-10-14;/h4-8,14,16H,9-13H2,1-3H3,(H3,19,20,21);1H. The van der Waals surface area contributed by atoms with Gasteiger partial charge in [0.25, 0.3) is 0 Å². The molecule has 0 aliphatic carbocycles. The van der Waals surface area contributed by atoms with E-state index in [2.05, 4.69) is 50.4 Å². The van der Waals surface area contributed by atoms with E-state index in [-0.39, 0.29) is 35.6 Å². The number of guanidine groups is 1. The highest BCUT2D eigenvalue weighted by Crippen LogP contribution is 2.30. The molecule has 0 amide bonds. The van der Waals surface area contributed by atoms with E-state index in [0.29, 0.717) is 11.9 Å². The second kappa shape index (κ2) is 9.47. The van der Waals surface area contributed by atoms with Crippen LogP contribution in [0.15, 0.2) is 35.3 Å². The molecular formula is C18H30IN3O. The van der Waals surface area contributed by atoms with Gasteiger partial charge >= 0.3 is 0 Å². The fourth-order valence-corrected chi connectivity index (χ4v) is 2.82. The molecular weight excluding hydrogens is 401 g/mol. The maximum Gasteiger partial charge on any atom is 0.189 e. The number of nitrogens with zero attached hydrogens (tertiary/aromatic N) is 1. The van der Waals surface area contributed by atoms with Crippen LogP contribution < -0.4 is 11.1 Å². The summed E-state index contributed by atoms with van der Waals surface area (Å²) in [6, 6.07) is 10.6. The third-order valence-corrected chi connectivity index (χ3v) is 3.88. The molecule has 0 aromatic heterocycles. The van der Waals surface area contributed by atoms with Crippen molar-refractivity contribution in [2.75, 3.05) is 13.2 Å². The highest BCUT2D eigenvalue weighted by Gasteiger charge is 2.21. The van der Waals surface area contributed by atoms with E-state index < -0.39 is 0 Å². The van der Waals surface area contributed by atoms with Gasteiger partial charge in [0.05, 0.1) is 6.04 Å². The van der Waals surface area contributed by atoms with Crippen LogP contribution in [0.4, 0.5) is 0 Å². The first-order chi connectivity index (χ1) is 10.4. The van der Waals surface area contributed by atoms with E-state index in [4.69, 9.17) is 15.5 Å². The van der Waals surface area contributed by atoms with Gasteiger partial charge in [-0.15, -0.1) is 24.0 Å². The Hall–Kier alpha value is -0.820. The predicted molar refractivity (Wildman–Crippen MR) is 107 cm³/mol. The first kappa shape index (κ1) is 20.2. The fraction of sp³-hybridized carbons (Fsp3) is 0.611. The quantitative estimate of drug-likeness (QED) is 0.433. The van der Waals surface area contributed by atoms with Crippen LogP contribution in [0.1, 0.15) is 51.6 Å². The Kier molecular flexibility index (Phi) is 8.33. The van der Waals surface area contributed by atoms with Gasteiger partial charge in [0.15, 0.2) is 5.96 Å². The third kappa shape index (κ3) is 7.52. The number of nitrogens with two attached hydrogens (primary N) is 1. The molecule has 0 bridgehead atoms. The molecule has 2 rings (SSSR count). The smallest absolute Gasteiger partial charge is 0.189 e. The van der Waals surface area contributed by atoms with Crippen LogP contribution in [0.5, 0.6) is 0 Å². The van der Waals surface area contributed by atoms with Crippen LogP contribution in [0.2, 0.25) is 0 Å². The molecule has 0 saturated carbocycles. The number of hydrogen-bond donors (Lipinski definition) is 2. The molecule has 1 fully saturated rings. The Bertz CT molecular complexity index is 479. The molecule has 130 valence electrons. The van der Waals surface area contributed by atoms with Gasteiger partial charge in [-0.05, 0) is 51.5 Å². The molecule has 1 heterocycles. The minimum absolute atomic E-state index is 0. The summed E-state index contributed by atoms with van der Waals surface area (Å²) in [5, 5.41) is 3.26. The van der Waals surface area contributed by atoms with Gasteiger partial charge in [-0.3, -0.25) is 0 Å². The first-order valence-electron chi connectivity index (χ1n) is 8.18. The molecule has 3 N–H and O–H groups in total. The number of benzene rings is 1. The Morgan fingerprint density at radius 1 is 1.26 bits per heavy atom. The van der Waals surface area contributed by atoms with Gasteiger partial charge in [0.2, 0.25) is 0 Å². The number of hydrogen-bond acceptors (Lipinski definition) is 2. The SMILES string of the molecule is CC(C)(C)NC(N)=NC(CC1CCOCC1)c1ccccc1.I. The Morgan fingerprint density at radius 3 is 2.43 bits per heavy atom. The van der Waals surface area contributed by atoms with Gasteiger partial charge < -0.3 is 15.8 Å². The minimum Gasteiger partial charge on any atom is -0.381 e. The van der Waals surface area contributed by atoms with Crippen molar-refractivity contribution in [2.24, 2.45) is 16.6 Å². The van der Waals surface area contributed by atoms with Crippen molar-refractivity contribution in [1.29, 1.82) is 0 Å². The second-order valence-corrected chi connectivity index (χ2v) is 7.11. The maximum absolute atomic E-state index is 6.12. The molecule has 0 radical (unpaired) electrons. The zero-order valence-corrected chi connectivity index (χ0v) is 16.7. The van der Waals surface area contributed by atoms with Crippen LogP contribution in [-0.4, -0.2) is 24.7 Å². The largest absolute Gasteiger partial charge is 0.381 e. The van der Waals surface area contributed by atoms with Crippen LogP contribution in [0.25, 0.3) is 0 Å². The van der Waals surface area contributed by atoms with E-state index in [1.807, 2.05) is 6.07 Å². The Morgan fingerprint density at radius 2 is 1.87 bits per heavy atom. The van der Waals surface area contributed by atoms with Gasteiger partial charge in [-0.25, -0.2) is 4.99 Å². The molecule has 4 nitrogen and oxygen atoms in total. The van der Waals surface area contributed by atoms with E-state index in [1.165, 1.54) is 5.56 Å². The summed E-state index contributed by atoms with van der Waals surface area (Å²) in [4.78, 5) is 4.77. The highest BCUT2D eigenvalue weighted by molar-refractivity contribution is 14.0. The number of nitrogens with one attached hydrogen (secondary N) is 1. The van der Waals surface area contributed by atoms with Crippen molar-refractivity contribution in [1.82, 2.24) is 5.32 Å². The second-order valence-electron chi connectivity index (χ2n) is 7.11. The monoisotopic (exact) mass is 431 g/mol. The van der Waals surface area contributed by atoms with E-state index in [9.17, 15) is 0 Å². The van der Waals surface area contributed by atoms with Crippen molar-refractivity contribution in [3.63, 3.8) is 0 Å². The molecule has 1 atom stereocenters. The molecule has 1 aliphatic heterocycles. The summed E-state index contributed by atoms with van der Waals surface area (Å²) in [5.74, 6) is 1.18. The van der Waals surface area contributed by atoms with Crippen molar-refractivity contribution >= 4 is 29.9 Å². The van der Waals surface area contributed by atoms with Crippen molar-refractivity contribution < 1.29 is 4.74 Å². The highest BCUT2D eigenvalue weighted by atomic mass is 127. The molecule has 1 unspecified atom stereocenters. The lowest BCUT2D eigenvalue weighted by Gasteiger charge is -2.26. The number of halogens is 1. The number of ether oxygens (including phenoxy) is 1. The number of aliphatic imine (C=N–C) groups is 1. The lowest BCUT2D eigenvalue weighted by atomic mass is 9.90. The average Bonchev–Trinajstić information content (AvgIpc) is 2.47. The summed E-state index contributed by atoms with van der Waals surface area (Å²) in [7, 11) is 0. The van der Waals surface area contributed by atoms with Gasteiger partial charge in [0, 0.05) is 18.8 Å². The zero-order chi connectivity index (χ0) is 16.0. The molecule has 0 spiro atoms. The van der Waals surface area contributed by atoms with E-state index in [1.54, 1.807) is 0 Å². The lowest BCUT2D eigenvalue weighted by molar-refractivity contribution is 0.0619. The van der Waals surface area contributed by atoms with Crippen molar-refractivity contribution in [3.8, 4) is 0 Å². The van der Waals surface area contributed by atoms with Gasteiger partial charge in [-0.1, -0.05) is 30.3 Å². The Labute approximate surface area is 157 Å². The predicted octanol–water partition coefficient (Wildman–Crippen LogP) is 3.87. The number of rotatable bonds is 4. The Balaban J connectivity index is 0.00000264. The summed E-state index contributed by atoms with van der Waals surface area (Å²) >= 11 is 0. The topological polar surface area (TPSA) is 59.6 Å². The van der Waals surface area contributed by atoms with Crippen LogP contribution >= 0.6 is 24.0 Å². The normalized spacial score (nSPS) is 18.1. The van der Waals surface area contributed by atoms with Gasteiger partial charge in [0.1, 0.15) is 0 Å². The molecule has 23 heavy (non-hydrogen) atoms. The van der Waals surface area contributed by atoms with E-state index >= 15 is 0 Å². The summed E-state index contributed by atoms with van der Waals surface area (Å²) in [5.41, 5.74) is 7.27. The van der Waals surface area contributed by atoms with E-state index in [0.717, 1.165) is 32.5 Å². The fourth-order valence-electron chi connectivity index (χ4n) is 2.82. The third-order valence-electron chi connectivity index (χ3n) is 3.88. The maximum atomic E-state index is 6.12. The summed E-state index contributed by atoms with van der Waals surface area (Å²) in [6.07, 6.45) is 3.26. The van der Waals surface area contributed by atoms with Crippen LogP contribution in [0.3, 0.4) is 0 Å². The van der Waals surface area contributed by atoms with Crippen molar-refractivity contribution in [3.05, 3.63) is 35.9 Å². The molecule has 5 heteroatoms. The first-order valence-corrected chi connectivity index (χ1v) is 8.18. The minimum atomic E-state index is -0.0759. The van der Waals surface area contributed by atoms with Crippen LogP contribution in [0, 0.1) is 5.92 Å². The summed E-state index contributed by atoms with van der Waals surface area (Å²) < 4.78 is 5.46. The van der Waals surface area contributed by atoms with Gasteiger partial charge in [-0.2, -0.15) is 0 Å². The summed E-state index contributed by atoms with van der Waals surface area (Å²) in [6.45, 7) is 8.00. The molecule has 1 saturated heterocycles. The lowest BCUT2D eigenvalue weighted by Crippen LogP contribution is -2.45. The molecule has 1 aromatic carbocycles. The van der Waals surface area contributed by atoms with Crippen molar-refractivity contribution in [2.45, 2.75) is 51.6 Å². The zero-order valence-electron chi connectivity index (χ0n) is 14.4. The van der Waals surface area contributed by atoms with Crippen LogP contribution in [-0.2, 0) is 4.74 Å². The molecule has 1 aromatic rings. The molecule has 1 aliphatic rings.